The number of benzene rings is 2. The molecule has 0 fully saturated rings. The fourth-order valence-electron chi connectivity index (χ4n) is 3.24. The van der Waals surface area contributed by atoms with Gasteiger partial charge in [-0.1, -0.05) is 36.4 Å². The standard InChI is InChI=1S/C20H19N3O/c1-22-14-17(16-7-3-5-9-19(16)22)20(24)21-11-13-23-12-10-15-6-2-4-8-18(15)23/h2-10,12,14H,11,13H2,1H3,(H,21,24). The van der Waals surface area contributed by atoms with E-state index < -0.39 is 0 Å². The van der Waals surface area contributed by atoms with Crippen LogP contribution in [0.4, 0.5) is 0 Å². The highest BCUT2D eigenvalue weighted by Crippen LogP contribution is 2.20. The first kappa shape index (κ1) is 14.6. The van der Waals surface area contributed by atoms with Crippen LogP contribution in [0.5, 0.6) is 0 Å². The summed E-state index contributed by atoms with van der Waals surface area (Å²) in [6.45, 7) is 1.35. The number of hydrogen-bond acceptors (Lipinski definition) is 1. The van der Waals surface area contributed by atoms with Gasteiger partial charge in [0.15, 0.2) is 0 Å². The first-order valence-electron chi connectivity index (χ1n) is 8.10. The van der Waals surface area contributed by atoms with Gasteiger partial charge in [-0.15, -0.1) is 0 Å². The van der Waals surface area contributed by atoms with E-state index in [1.807, 2.05) is 54.2 Å². The third-order valence-corrected chi connectivity index (χ3v) is 4.46. The number of para-hydroxylation sites is 2. The molecule has 4 rings (SSSR count). The number of nitrogens with zero attached hydrogens (tertiary/aromatic N) is 2. The second kappa shape index (κ2) is 5.89. The van der Waals surface area contributed by atoms with Gasteiger partial charge in [-0.25, -0.2) is 0 Å². The van der Waals surface area contributed by atoms with Crippen molar-refractivity contribution >= 4 is 27.7 Å². The maximum atomic E-state index is 12.5. The second-order valence-corrected chi connectivity index (χ2v) is 5.99. The average molecular weight is 317 g/mol. The molecule has 0 atom stereocenters. The minimum atomic E-state index is -0.0248. The molecule has 24 heavy (non-hydrogen) atoms. The predicted octanol–water partition coefficient (Wildman–Crippen LogP) is 3.56. The van der Waals surface area contributed by atoms with Crippen molar-refractivity contribution in [2.75, 3.05) is 6.54 Å². The number of hydrogen-bond donors (Lipinski definition) is 1. The molecule has 2 heterocycles. The number of aryl methyl sites for hydroxylation is 1. The zero-order valence-electron chi connectivity index (χ0n) is 13.6. The molecular formula is C20H19N3O. The molecule has 0 unspecified atom stereocenters. The number of carbonyl (C=O) groups excluding carboxylic acids is 1. The lowest BCUT2D eigenvalue weighted by Crippen LogP contribution is -2.26. The summed E-state index contributed by atoms with van der Waals surface area (Å²) in [5.41, 5.74) is 2.99. The van der Waals surface area contributed by atoms with Gasteiger partial charge in [0.25, 0.3) is 5.91 Å². The van der Waals surface area contributed by atoms with Gasteiger partial charge >= 0.3 is 0 Å². The summed E-state index contributed by atoms with van der Waals surface area (Å²) < 4.78 is 4.16. The molecular weight excluding hydrogens is 298 g/mol. The zero-order chi connectivity index (χ0) is 16.5. The monoisotopic (exact) mass is 317 g/mol. The average Bonchev–Trinajstić information content (AvgIpc) is 3.17. The summed E-state index contributed by atoms with van der Waals surface area (Å²) in [4.78, 5) is 12.5. The van der Waals surface area contributed by atoms with Crippen LogP contribution >= 0.6 is 0 Å². The van der Waals surface area contributed by atoms with Crippen LogP contribution in [0.15, 0.2) is 67.0 Å². The summed E-state index contributed by atoms with van der Waals surface area (Å²) in [7, 11) is 1.96. The molecule has 0 spiro atoms. The fourth-order valence-corrected chi connectivity index (χ4v) is 3.24. The summed E-state index contributed by atoms with van der Waals surface area (Å²) in [6.07, 6.45) is 3.96. The summed E-state index contributed by atoms with van der Waals surface area (Å²) in [5.74, 6) is -0.0248. The van der Waals surface area contributed by atoms with Crippen molar-refractivity contribution in [1.82, 2.24) is 14.5 Å². The van der Waals surface area contributed by atoms with Crippen LogP contribution in [-0.4, -0.2) is 21.6 Å². The lowest BCUT2D eigenvalue weighted by molar-refractivity contribution is 0.0954. The third-order valence-electron chi connectivity index (χ3n) is 4.46. The van der Waals surface area contributed by atoms with E-state index in [4.69, 9.17) is 0 Å². The molecule has 0 radical (unpaired) electrons. The number of amides is 1. The van der Waals surface area contributed by atoms with E-state index in [2.05, 4.69) is 34.3 Å². The van der Waals surface area contributed by atoms with Crippen LogP contribution in [0.2, 0.25) is 0 Å². The molecule has 0 aliphatic rings. The van der Waals surface area contributed by atoms with E-state index >= 15 is 0 Å². The number of nitrogens with one attached hydrogen (secondary N) is 1. The second-order valence-electron chi connectivity index (χ2n) is 5.99. The van der Waals surface area contributed by atoms with Crippen LogP contribution in [-0.2, 0) is 13.6 Å². The van der Waals surface area contributed by atoms with E-state index in [1.54, 1.807) is 0 Å². The van der Waals surface area contributed by atoms with E-state index in [0.717, 1.165) is 23.0 Å². The Balaban J connectivity index is 1.48. The Morgan fingerprint density at radius 1 is 1.00 bits per heavy atom. The Morgan fingerprint density at radius 2 is 1.75 bits per heavy atom. The molecule has 1 amide bonds. The van der Waals surface area contributed by atoms with Crippen molar-refractivity contribution in [2.24, 2.45) is 7.05 Å². The van der Waals surface area contributed by atoms with Crippen molar-refractivity contribution in [1.29, 1.82) is 0 Å². The first-order valence-corrected chi connectivity index (χ1v) is 8.10. The minimum Gasteiger partial charge on any atom is -0.350 e. The van der Waals surface area contributed by atoms with Gasteiger partial charge in [0.2, 0.25) is 0 Å². The maximum Gasteiger partial charge on any atom is 0.253 e. The van der Waals surface area contributed by atoms with Gasteiger partial charge in [0, 0.05) is 49.0 Å². The molecule has 0 saturated heterocycles. The maximum absolute atomic E-state index is 12.5. The van der Waals surface area contributed by atoms with Crippen molar-refractivity contribution in [3.63, 3.8) is 0 Å². The Kier molecular flexibility index (Phi) is 3.58. The molecule has 4 heteroatoms. The Bertz CT molecular complexity index is 1030. The van der Waals surface area contributed by atoms with E-state index in [1.165, 1.54) is 10.9 Å². The van der Waals surface area contributed by atoms with Crippen LogP contribution in [0.1, 0.15) is 10.4 Å². The third kappa shape index (κ3) is 2.46. The normalized spacial score (nSPS) is 11.2. The van der Waals surface area contributed by atoms with Crippen molar-refractivity contribution in [3.05, 3.63) is 72.6 Å². The number of aromatic nitrogens is 2. The first-order chi connectivity index (χ1) is 11.7. The van der Waals surface area contributed by atoms with Gasteiger partial charge in [-0.05, 0) is 23.6 Å². The SMILES string of the molecule is Cn1cc(C(=O)NCCn2ccc3ccccc32)c2ccccc21. The Hall–Kier alpha value is -3.01. The topological polar surface area (TPSA) is 39.0 Å². The molecule has 0 saturated carbocycles. The van der Waals surface area contributed by atoms with Crippen molar-refractivity contribution < 1.29 is 4.79 Å². The largest absolute Gasteiger partial charge is 0.350 e. The molecule has 1 N–H and O–H groups in total. The molecule has 4 nitrogen and oxygen atoms in total. The zero-order valence-corrected chi connectivity index (χ0v) is 13.6. The van der Waals surface area contributed by atoms with Crippen LogP contribution in [0, 0.1) is 0 Å². The predicted molar refractivity (Wildman–Crippen MR) is 97.2 cm³/mol. The Labute approximate surface area is 140 Å². The molecule has 4 aromatic rings. The number of fused-ring (bicyclic) bond motifs is 2. The highest BCUT2D eigenvalue weighted by atomic mass is 16.1. The molecule has 0 bridgehead atoms. The van der Waals surface area contributed by atoms with Crippen LogP contribution in [0.25, 0.3) is 21.8 Å². The summed E-state index contributed by atoms with van der Waals surface area (Å²) in [5, 5.41) is 5.24. The molecule has 2 aromatic heterocycles. The van der Waals surface area contributed by atoms with Gasteiger partial charge in [0.1, 0.15) is 0 Å². The van der Waals surface area contributed by atoms with E-state index in [0.29, 0.717) is 6.54 Å². The molecule has 0 aliphatic carbocycles. The fraction of sp³-hybridized carbons (Fsp3) is 0.150. The van der Waals surface area contributed by atoms with Gasteiger partial charge < -0.3 is 14.5 Å². The smallest absolute Gasteiger partial charge is 0.253 e. The molecule has 0 aliphatic heterocycles. The highest BCUT2D eigenvalue weighted by molar-refractivity contribution is 6.06. The molecule has 2 aromatic carbocycles. The van der Waals surface area contributed by atoms with Gasteiger partial charge in [-0.2, -0.15) is 0 Å². The number of carbonyl (C=O) groups is 1. The minimum absolute atomic E-state index is 0.0248. The molecule has 120 valence electrons. The lowest BCUT2D eigenvalue weighted by Gasteiger charge is -2.07. The highest BCUT2D eigenvalue weighted by Gasteiger charge is 2.13. The summed E-state index contributed by atoms with van der Waals surface area (Å²) in [6, 6.07) is 18.3. The van der Waals surface area contributed by atoms with E-state index in [-0.39, 0.29) is 5.91 Å². The van der Waals surface area contributed by atoms with Gasteiger partial charge in [0.05, 0.1) is 5.56 Å². The summed E-state index contributed by atoms with van der Waals surface area (Å²) >= 11 is 0. The lowest BCUT2D eigenvalue weighted by atomic mass is 10.1. The van der Waals surface area contributed by atoms with Crippen LogP contribution < -0.4 is 5.32 Å². The quantitative estimate of drug-likeness (QED) is 0.614. The number of rotatable bonds is 4. The van der Waals surface area contributed by atoms with Crippen molar-refractivity contribution in [3.8, 4) is 0 Å². The van der Waals surface area contributed by atoms with Crippen molar-refractivity contribution in [2.45, 2.75) is 6.54 Å². The van der Waals surface area contributed by atoms with Crippen LogP contribution in [0.3, 0.4) is 0 Å². The van der Waals surface area contributed by atoms with Gasteiger partial charge in [-0.3, -0.25) is 4.79 Å². The Morgan fingerprint density at radius 3 is 2.62 bits per heavy atom. The van der Waals surface area contributed by atoms with E-state index in [9.17, 15) is 4.79 Å².